The van der Waals surface area contributed by atoms with E-state index < -0.39 is 18.2 Å². The van der Waals surface area contributed by atoms with Crippen LogP contribution in [0.15, 0.2) is 48.6 Å². The Morgan fingerprint density at radius 1 is 0.500 bits per heavy atom. The molecule has 3 unspecified atom stereocenters. The second kappa shape index (κ2) is 47.9. The highest BCUT2D eigenvalue weighted by Crippen LogP contribution is 2.18. The molecule has 0 aromatic carbocycles. The molecular weight excluding hydrogens is 743 g/mol. The second-order valence-electron chi connectivity index (χ2n) is 17.5. The summed E-state index contributed by atoms with van der Waals surface area (Å²) in [4.78, 5) is 26.1. The predicted molar refractivity (Wildman–Crippen MR) is 259 cm³/mol. The minimum atomic E-state index is -0.791. The smallest absolute Gasteiger partial charge is 0.306 e. The summed E-state index contributed by atoms with van der Waals surface area (Å²) < 4.78 is 5.92. The Kier molecular flexibility index (Phi) is 46.1. The van der Waals surface area contributed by atoms with Crippen LogP contribution in [0.2, 0.25) is 0 Å². The third-order valence-electron chi connectivity index (χ3n) is 11.7. The van der Waals surface area contributed by atoms with Crippen molar-refractivity contribution in [3.05, 3.63) is 48.6 Å². The summed E-state index contributed by atoms with van der Waals surface area (Å²) in [5, 5.41) is 23.7. The number of esters is 1. The Bertz CT molecular complexity index is 1040. The van der Waals surface area contributed by atoms with Crippen molar-refractivity contribution in [3.63, 3.8) is 0 Å². The molecule has 6 heteroatoms. The summed E-state index contributed by atoms with van der Waals surface area (Å²) in [6, 6.07) is -0.705. The minimum absolute atomic E-state index is 0.0671. The van der Waals surface area contributed by atoms with E-state index in [4.69, 9.17) is 4.74 Å². The van der Waals surface area contributed by atoms with E-state index in [9.17, 15) is 19.8 Å². The Hall–Kier alpha value is -2.18. The highest BCUT2D eigenvalue weighted by molar-refractivity contribution is 5.77. The number of ether oxygens (including phenoxy) is 1. The van der Waals surface area contributed by atoms with E-state index in [0.29, 0.717) is 19.3 Å². The monoisotopic (exact) mass is 842 g/mol. The van der Waals surface area contributed by atoms with E-state index in [1.54, 1.807) is 0 Å². The lowest BCUT2D eigenvalue weighted by Crippen LogP contribution is -2.46. The molecule has 0 bridgehead atoms. The molecular formula is C54H99NO5. The lowest BCUT2D eigenvalue weighted by Gasteiger charge is -2.24. The van der Waals surface area contributed by atoms with Crippen molar-refractivity contribution in [2.45, 2.75) is 277 Å². The maximum Gasteiger partial charge on any atom is 0.306 e. The number of carbonyl (C=O) groups is 2. The molecule has 6 nitrogen and oxygen atoms in total. The normalized spacial score (nSPS) is 13.6. The molecule has 3 N–H and O–H groups in total. The quantitative estimate of drug-likeness (QED) is 0.0322. The molecule has 0 spiro atoms. The van der Waals surface area contributed by atoms with Crippen molar-refractivity contribution < 1.29 is 24.5 Å². The largest absolute Gasteiger partial charge is 0.462 e. The van der Waals surface area contributed by atoms with E-state index in [-0.39, 0.29) is 24.9 Å². The van der Waals surface area contributed by atoms with Crippen LogP contribution < -0.4 is 5.32 Å². The molecule has 0 aromatic heterocycles. The fourth-order valence-electron chi connectivity index (χ4n) is 7.77. The van der Waals surface area contributed by atoms with Crippen LogP contribution >= 0.6 is 0 Å². The lowest BCUT2D eigenvalue weighted by atomic mass is 10.0. The SMILES string of the molecule is CC/C=C/C/C=C/C/C=C/C/C=C/CCCCCC(=O)OC(CCCCCCCCCCCCCCCC)CC(=O)NC(CO)C(O)CCCCCCCCCCCCC. The molecule has 3 atom stereocenters. The summed E-state index contributed by atoms with van der Waals surface area (Å²) >= 11 is 0. The van der Waals surface area contributed by atoms with Gasteiger partial charge in [0.15, 0.2) is 0 Å². The van der Waals surface area contributed by atoms with Gasteiger partial charge in [-0.3, -0.25) is 9.59 Å². The van der Waals surface area contributed by atoms with Crippen LogP contribution in [0.1, 0.15) is 258 Å². The molecule has 0 aliphatic rings. The highest BCUT2D eigenvalue weighted by atomic mass is 16.5. The van der Waals surface area contributed by atoms with Gasteiger partial charge in [-0.25, -0.2) is 0 Å². The average molecular weight is 842 g/mol. The molecule has 0 fully saturated rings. The average Bonchev–Trinajstić information content (AvgIpc) is 3.24. The van der Waals surface area contributed by atoms with Crippen LogP contribution in [0.3, 0.4) is 0 Å². The number of hydrogen-bond acceptors (Lipinski definition) is 5. The fraction of sp³-hybridized carbons (Fsp3) is 0.815. The number of hydrogen-bond donors (Lipinski definition) is 3. The summed E-state index contributed by atoms with van der Waals surface area (Å²) in [7, 11) is 0. The number of nitrogens with one attached hydrogen (secondary N) is 1. The van der Waals surface area contributed by atoms with E-state index in [0.717, 1.165) is 83.5 Å². The molecule has 0 saturated heterocycles. The number of unbranched alkanes of at least 4 members (excludes halogenated alkanes) is 26. The van der Waals surface area contributed by atoms with Gasteiger partial charge in [-0.2, -0.15) is 0 Å². The van der Waals surface area contributed by atoms with Gasteiger partial charge in [-0.05, 0) is 64.2 Å². The first-order valence-electron chi connectivity index (χ1n) is 25.9. The van der Waals surface area contributed by atoms with Gasteiger partial charge in [0.05, 0.1) is 25.2 Å². The molecule has 0 aromatic rings. The van der Waals surface area contributed by atoms with Crippen LogP contribution in [-0.2, 0) is 14.3 Å². The van der Waals surface area contributed by atoms with Crippen LogP contribution in [0.25, 0.3) is 0 Å². The molecule has 0 rings (SSSR count). The number of allylic oxidation sites excluding steroid dienone is 8. The molecule has 1 amide bonds. The Morgan fingerprint density at radius 3 is 1.35 bits per heavy atom. The lowest BCUT2D eigenvalue weighted by molar-refractivity contribution is -0.151. The number of aliphatic hydroxyl groups excluding tert-OH is 2. The van der Waals surface area contributed by atoms with Crippen molar-refractivity contribution in [3.8, 4) is 0 Å². The minimum Gasteiger partial charge on any atom is -0.462 e. The number of rotatable bonds is 46. The summed E-state index contributed by atoms with van der Waals surface area (Å²) in [5.74, 6) is -0.502. The predicted octanol–water partition coefficient (Wildman–Crippen LogP) is 15.5. The van der Waals surface area contributed by atoms with Crippen LogP contribution in [0.5, 0.6) is 0 Å². The van der Waals surface area contributed by atoms with Crippen molar-refractivity contribution in [1.82, 2.24) is 5.32 Å². The summed E-state index contributed by atoms with van der Waals surface area (Å²) in [6.07, 6.45) is 57.4. The van der Waals surface area contributed by atoms with Crippen molar-refractivity contribution in [2.75, 3.05) is 6.61 Å². The Morgan fingerprint density at radius 2 is 0.900 bits per heavy atom. The van der Waals surface area contributed by atoms with Gasteiger partial charge in [0.2, 0.25) is 5.91 Å². The third kappa shape index (κ3) is 42.5. The zero-order valence-electron chi connectivity index (χ0n) is 39.8. The first kappa shape index (κ1) is 57.8. The summed E-state index contributed by atoms with van der Waals surface area (Å²) in [6.45, 7) is 6.37. The third-order valence-corrected chi connectivity index (χ3v) is 11.7. The van der Waals surface area contributed by atoms with Gasteiger partial charge in [-0.15, -0.1) is 0 Å². The maximum absolute atomic E-state index is 13.2. The van der Waals surface area contributed by atoms with E-state index in [1.807, 2.05) is 0 Å². The van der Waals surface area contributed by atoms with E-state index in [1.165, 1.54) is 128 Å². The van der Waals surface area contributed by atoms with Crippen LogP contribution in [0.4, 0.5) is 0 Å². The topological polar surface area (TPSA) is 95.9 Å². The molecule has 0 saturated carbocycles. The van der Waals surface area contributed by atoms with Crippen molar-refractivity contribution in [2.24, 2.45) is 0 Å². The highest BCUT2D eigenvalue weighted by Gasteiger charge is 2.24. The zero-order valence-corrected chi connectivity index (χ0v) is 39.8. The van der Waals surface area contributed by atoms with Crippen LogP contribution in [0, 0.1) is 0 Å². The van der Waals surface area contributed by atoms with Crippen LogP contribution in [-0.4, -0.2) is 46.9 Å². The first-order valence-corrected chi connectivity index (χ1v) is 25.9. The molecule has 0 aliphatic carbocycles. The molecule has 60 heavy (non-hydrogen) atoms. The number of carbonyl (C=O) groups excluding carboxylic acids is 2. The standard InChI is InChI=1S/C54H99NO5/c1-4-7-10-13-16-19-22-24-26-27-29-32-35-38-41-44-47-54(59)60-50(45-42-39-36-33-31-28-25-23-20-17-14-11-8-5-2)48-53(58)55-51(49-56)52(57)46-43-40-37-34-30-21-18-15-12-9-6-3/h7,10,16,19,24,26,29,32,50-52,56-57H,4-6,8-9,11-15,17-18,20-23,25,27-28,30-31,33-49H2,1-3H3,(H,55,58)/b10-7+,19-16+,26-24+,32-29+. The molecule has 0 aliphatic heterocycles. The number of aliphatic hydroxyl groups is 2. The number of amides is 1. The molecule has 0 heterocycles. The van der Waals surface area contributed by atoms with E-state index in [2.05, 4.69) is 74.7 Å². The van der Waals surface area contributed by atoms with Gasteiger partial charge >= 0.3 is 5.97 Å². The van der Waals surface area contributed by atoms with Gasteiger partial charge in [0.1, 0.15) is 6.10 Å². The van der Waals surface area contributed by atoms with Gasteiger partial charge in [0, 0.05) is 6.42 Å². The maximum atomic E-state index is 13.2. The van der Waals surface area contributed by atoms with Gasteiger partial charge in [0.25, 0.3) is 0 Å². The Balaban J connectivity index is 4.62. The van der Waals surface area contributed by atoms with Gasteiger partial charge < -0.3 is 20.3 Å². The first-order chi connectivity index (χ1) is 29.5. The fourth-order valence-corrected chi connectivity index (χ4v) is 7.77. The molecule has 0 radical (unpaired) electrons. The van der Waals surface area contributed by atoms with E-state index >= 15 is 0 Å². The molecule has 350 valence electrons. The van der Waals surface area contributed by atoms with Crippen molar-refractivity contribution >= 4 is 11.9 Å². The second-order valence-corrected chi connectivity index (χ2v) is 17.5. The summed E-state index contributed by atoms with van der Waals surface area (Å²) in [5.41, 5.74) is 0. The Labute approximate surface area is 372 Å². The zero-order chi connectivity index (χ0) is 43.8. The van der Waals surface area contributed by atoms with Gasteiger partial charge in [-0.1, -0.05) is 230 Å². The van der Waals surface area contributed by atoms with Crippen molar-refractivity contribution in [1.29, 1.82) is 0 Å².